The van der Waals surface area contributed by atoms with Crippen LogP contribution in [0.5, 0.6) is 0 Å². The van der Waals surface area contributed by atoms with Crippen LogP contribution in [0.2, 0.25) is 0 Å². The molecule has 0 aliphatic carbocycles. The highest BCUT2D eigenvalue weighted by Crippen LogP contribution is 2.25. The standard InChI is InChI=1S/C8H9N3OS/c9-2-1-6-5-11-13-7(6)8-10-3-4-12-8/h3-5H,1-2,9H2. The predicted octanol–water partition coefficient (Wildman–Crippen LogP) is 1.30. The van der Waals surface area contributed by atoms with Crippen LogP contribution < -0.4 is 5.73 Å². The first kappa shape index (κ1) is 8.40. The van der Waals surface area contributed by atoms with E-state index >= 15 is 0 Å². The van der Waals surface area contributed by atoms with E-state index in [0.29, 0.717) is 12.4 Å². The SMILES string of the molecule is NCCc1cnsc1-c1ncco1. The lowest BCUT2D eigenvalue weighted by Gasteiger charge is -1.94. The molecule has 2 aromatic rings. The third kappa shape index (κ3) is 1.61. The minimum Gasteiger partial charge on any atom is -0.444 e. The summed E-state index contributed by atoms with van der Waals surface area (Å²) in [7, 11) is 0. The summed E-state index contributed by atoms with van der Waals surface area (Å²) in [6.07, 6.45) is 5.81. The molecule has 0 amide bonds. The largest absolute Gasteiger partial charge is 0.444 e. The number of oxazole rings is 1. The number of nitrogens with zero attached hydrogens (tertiary/aromatic N) is 2. The zero-order valence-corrected chi connectivity index (χ0v) is 7.75. The van der Waals surface area contributed by atoms with Crippen LogP contribution in [-0.2, 0) is 6.42 Å². The van der Waals surface area contributed by atoms with Crippen molar-refractivity contribution >= 4 is 11.5 Å². The first-order chi connectivity index (χ1) is 6.42. The van der Waals surface area contributed by atoms with Gasteiger partial charge in [-0.1, -0.05) is 0 Å². The average molecular weight is 195 g/mol. The number of hydrogen-bond acceptors (Lipinski definition) is 5. The molecule has 13 heavy (non-hydrogen) atoms. The van der Waals surface area contributed by atoms with Crippen molar-refractivity contribution in [3.8, 4) is 10.8 Å². The van der Waals surface area contributed by atoms with Crippen LogP contribution in [0.4, 0.5) is 0 Å². The van der Waals surface area contributed by atoms with Gasteiger partial charge >= 0.3 is 0 Å². The third-order valence-electron chi connectivity index (χ3n) is 1.68. The van der Waals surface area contributed by atoms with Crippen LogP contribution in [0.25, 0.3) is 10.8 Å². The maximum atomic E-state index is 5.47. The number of rotatable bonds is 3. The molecule has 0 fully saturated rings. The topological polar surface area (TPSA) is 64.9 Å². The highest BCUT2D eigenvalue weighted by molar-refractivity contribution is 7.09. The molecular formula is C8H9N3OS. The Morgan fingerprint density at radius 2 is 2.46 bits per heavy atom. The van der Waals surface area contributed by atoms with E-state index in [0.717, 1.165) is 16.9 Å². The van der Waals surface area contributed by atoms with Gasteiger partial charge in [-0.15, -0.1) is 0 Å². The summed E-state index contributed by atoms with van der Waals surface area (Å²) in [5.41, 5.74) is 6.57. The molecule has 0 saturated carbocycles. The second kappa shape index (κ2) is 3.68. The molecule has 0 atom stereocenters. The van der Waals surface area contributed by atoms with E-state index in [1.165, 1.54) is 11.5 Å². The Balaban J connectivity index is 2.35. The highest BCUT2D eigenvalue weighted by atomic mass is 32.1. The molecule has 0 aliphatic rings. The summed E-state index contributed by atoms with van der Waals surface area (Å²) in [5, 5.41) is 0. The first-order valence-corrected chi connectivity index (χ1v) is 4.72. The Hall–Kier alpha value is -1.20. The molecule has 2 N–H and O–H groups in total. The van der Waals surface area contributed by atoms with Crippen LogP contribution in [0.1, 0.15) is 5.56 Å². The maximum Gasteiger partial charge on any atom is 0.238 e. The van der Waals surface area contributed by atoms with E-state index < -0.39 is 0 Å². The first-order valence-electron chi connectivity index (χ1n) is 3.95. The molecule has 0 aliphatic heterocycles. The smallest absolute Gasteiger partial charge is 0.238 e. The minimum absolute atomic E-state index is 0.617. The molecule has 0 saturated heterocycles. The van der Waals surface area contributed by atoms with Gasteiger partial charge in [0.15, 0.2) is 0 Å². The number of aromatic nitrogens is 2. The normalized spacial score (nSPS) is 10.5. The van der Waals surface area contributed by atoms with Crippen molar-refractivity contribution in [3.05, 3.63) is 24.2 Å². The Labute approximate surface area is 79.6 Å². The van der Waals surface area contributed by atoms with E-state index in [2.05, 4.69) is 9.36 Å². The van der Waals surface area contributed by atoms with Crippen molar-refractivity contribution in [2.75, 3.05) is 6.54 Å². The van der Waals surface area contributed by atoms with Gasteiger partial charge in [0.25, 0.3) is 0 Å². The lowest BCUT2D eigenvalue weighted by molar-refractivity contribution is 0.575. The lowest BCUT2D eigenvalue weighted by atomic mass is 10.2. The van der Waals surface area contributed by atoms with Crippen LogP contribution in [0, 0.1) is 0 Å². The molecule has 2 heterocycles. The van der Waals surface area contributed by atoms with Crippen LogP contribution >= 0.6 is 11.5 Å². The van der Waals surface area contributed by atoms with Gasteiger partial charge in [0, 0.05) is 6.20 Å². The van der Waals surface area contributed by atoms with E-state index in [1.807, 2.05) is 6.20 Å². The zero-order chi connectivity index (χ0) is 9.10. The monoisotopic (exact) mass is 195 g/mol. The van der Waals surface area contributed by atoms with Gasteiger partial charge in [-0.25, -0.2) is 9.36 Å². The molecule has 2 aromatic heterocycles. The fourth-order valence-electron chi connectivity index (χ4n) is 1.11. The molecule has 0 spiro atoms. The van der Waals surface area contributed by atoms with Crippen molar-refractivity contribution in [2.45, 2.75) is 6.42 Å². The highest BCUT2D eigenvalue weighted by Gasteiger charge is 2.10. The Morgan fingerprint density at radius 3 is 3.15 bits per heavy atom. The molecule has 0 unspecified atom stereocenters. The van der Waals surface area contributed by atoms with Gasteiger partial charge in [0.1, 0.15) is 11.1 Å². The van der Waals surface area contributed by atoms with Crippen molar-refractivity contribution < 1.29 is 4.42 Å². The second-order valence-corrected chi connectivity index (χ2v) is 3.36. The summed E-state index contributed by atoms with van der Waals surface area (Å²) in [6, 6.07) is 0. The molecule has 0 radical (unpaired) electrons. The fraction of sp³-hybridized carbons (Fsp3) is 0.250. The van der Waals surface area contributed by atoms with Crippen LogP contribution in [0.15, 0.2) is 23.1 Å². The summed E-state index contributed by atoms with van der Waals surface area (Å²) in [5.74, 6) is 0.631. The quantitative estimate of drug-likeness (QED) is 0.801. The molecule has 68 valence electrons. The van der Waals surface area contributed by atoms with Crippen molar-refractivity contribution in [1.82, 2.24) is 9.36 Å². The lowest BCUT2D eigenvalue weighted by Crippen LogP contribution is -2.02. The van der Waals surface area contributed by atoms with Gasteiger partial charge in [-0.3, -0.25) is 0 Å². The summed E-state index contributed by atoms with van der Waals surface area (Å²) in [4.78, 5) is 5.05. The van der Waals surface area contributed by atoms with E-state index in [1.54, 1.807) is 12.5 Å². The van der Waals surface area contributed by atoms with Gasteiger partial charge < -0.3 is 10.2 Å². The summed E-state index contributed by atoms with van der Waals surface area (Å²) < 4.78 is 9.27. The van der Waals surface area contributed by atoms with Crippen molar-refractivity contribution in [2.24, 2.45) is 5.73 Å². The van der Waals surface area contributed by atoms with E-state index in [-0.39, 0.29) is 0 Å². The molecule has 5 heteroatoms. The van der Waals surface area contributed by atoms with Crippen molar-refractivity contribution in [1.29, 1.82) is 0 Å². The molecule has 2 rings (SSSR count). The molecule has 0 aromatic carbocycles. The van der Waals surface area contributed by atoms with Gasteiger partial charge in [-0.2, -0.15) is 0 Å². The number of nitrogens with two attached hydrogens (primary N) is 1. The molecule has 4 nitrogen and oxygen atoms in total. The Bertz CT molecular complexity index is 368. The Kier molecular flexibility index (Phi) is 2.37. The molecule has 0 bridgehead atoms. The summed E-state index contributed by atoms with van der Waals surface area (Å²) in [6.45, 7) is 0.617. The average Bonchev–Trinajstić information content (AvgIpc) is 2.71. The van der Waals surface area contributed by atoms with Crippen LogP contribution in [0.3, 0.4) is 0 Å². The van der Waals surface area contributed by atoms with Gasteiger partial charge in [-0.05, 0) is 30.1 Å². The predicted molar refractivity (Wildman–Crippen MR) is 50.4 cm³/mol. The van der Waals surface area contributed by atoms with Gasteiger partial charge in [0.2, 0.25) is 5.89 Å². The Morgan fingerprint density at radius 1 is 1.54 bits per heavy atom. The van der Waals surface area contributed by atoms with Gasteiger partial charge in [0.05, 0.1) is 6.20 Å². The molecular weight excluding hydrogens is 186 g/mol. The van der Waals surface area contributed by atoms with Crippen molar-refractivity contribution in [3.63, 3.8) is 0 Å². The fourth-order valence-corrected chi connectivity index (χ4v) is 1.84. The number of hydrogen-bond donors (Lipinski definition) is 1. The van der Waals surface area contributed by atoms with E-state index in [9.17, 15) is 0 Å². The maximum absolute atomic E-state index is 5.47. The zero-order valence-electron chi connectivity index (χ0n) is 6.93. The van der Waals surface area contributed by atoms with E-state index in [4.69, 9.17) is 10.2 Å². The minimum atomic E-state index is 0.617. The third-order valence-corrected chi connectivity index (χ3v) is 2.51. The summed E-state index contributed by atoms with van der Waals surface area (Å²) >= 11 is 1.39. The van der Waals surface area contributed by atoms with Crippen LogP contribution in [-0.4, -0.2) is 15.9 Å². The second-order valence-electron chi connectivity index (χ2n) is 2.56.